The van der Waals surface area contributed by atoms with Gasteiger partial charge in [-0.05, 0) is 109 Å². The highest BCUT2D eigenvalue weighted by atomic mass is 16.3. The van der Waals surface area contributed by atoms with Crippen LogP contribution in [0.1, 0.15) is 219 Å². The first-order valence-electron chi connectivity index (χ1n) is 27.0. The van der Waals surface area contributed by atoms with Crippen LogP contribution in [-0.4, -0.2) is 34.9 Å². The Hall–Kier alpha value is -3.73. The van der Waals surface area contributed by atoms with Gasteiger partial charge in [-0.1, -0.05) is 250 Å². The third-order valence-electron chi connectivity index (χ3n) is 11.3. The molecule has 0 aliphatic rings. The summed E-state index contributed by atoms with van der Waals surface area (Å²) in [6, 6.07) is -0.689. The zero-order valence-corrected chi connectivity index (χ0v) is 42.6. The van der Waals surface area contributed by atoms with Crippen molar-refractivity contribution in [2.24, 2.45) is 0 Å². The van der Waals surface area contributed by atoms with Crippen molar-refractivity contribution in [3.63, 3.8) is 0 Å². The van der Waals surface area contributed by atoms with Gasteiger partial charge in [-0.3, -0.25) is 4.79 Å². The summed E-state index contributed by atoms with van der Waals surface area (Å²) in [5.74, 6) is -0.141. The van der Waals surface area contributed by atoms with Gasteiger partial charge in [-0.2, -0.15) is 0 Å². The van der Waals surface area contributed by atoms with Crippen LogP contribution in [0, 0.1) is 0 Å². The van der Waals surface area contributed by atoms with E-state index in [0.717, 1.165) is 96.3 Å². The maximum atomic E-state index is 12.4. The molecule has 1 amide bonds. The van der Waals surface area contributed by atoms with Crippen LogP contribution in [0.3, 0.4) is 0 Å². The smallest absolute Gasteiger partial charge is 0.220 e. The summed E-state index contributed by atoms with van der Waals surface area (Å²) in [5.41, 5.74) is 0. The fourth-order valence-corrected chi connectivity index (χ4v) is 7.21. The van der Waals surface area contributed by atoms with Crippen molar-refractivity contribution in [1.29, 1.82) is 0 Å². The van der Waals surface area contributed by atoms with E-state index in [9.17, 15) is 15.0 Å². The number of hydrogen-bond donors (Lipinski definition) is 3. The van der Waals surface area contributed by atoms with Crippen LogP contribution in [0.4, 0.5) is 0 Å². The fraction of sp³-hybridized carbons (Fsp3) is 0.597. The van der Waals surface area contributed by atoms with E-state index in [1.54, 1.807) is 6.08 Å². The molecular formula is C62H101NO3. The van der Waals surface area contributed by atoms with Crippen LogP contribution in [0.2, 0.25) is 0 Å². The van der Waals surface area contributed by atoms with Gasteiger partial charge in [-0.15, -0.1) is 0 Å². The average Bonchev–Trinajstić information content (AvgIpc) is 3.32. The highest BCUT2D eigenvalue weighted by Crippen LogP contribution is 2.14. The number of amides is 1. The number of carbonyl (C=O) groups excluding carboxylic acids is 1. The van der Waals surface area contributed by atoms with Crippen molar-refractivity contribution in [2.45, 2.75) is 231 Å². The monoisotopic (exact) mass is 908 g/mol. The van der Waals surface area contributed by atoms with Gasteiger partial charge >= 0.3 is 0 Å². The zero-order chi connectivity index (χ0) is 47.7. The lowest BCUT2D eigenvalue weighted by atomic mass is 10.0. The van der Waals surface area contributed by atoms with Crippen LogP contribution in [0.15, 0.2) is 146 Å². The number of allylic oxidation sites excluding steroid dienone is 23. The Morgan fingerprint density at radius 2 is 0.682 bits per heavy atom. The molecule has 0 aromatic heterocycles. The molecule has 4 nitrogen and oxygen atoms in total. The van der Waals surface area contributed by atoms with Crippen LogP contribution >= 0.6 is 0 Å². The predicted molar refractivity (Wildman–Crippen MR) is 294 cm³/mol. The van der Waals surface area contributed by atoms with Gasteiger partial charge in [0.15, 0.2) is 0 Å². The summed E-state index contributed by atoms with van der Waals surface area (Å²) in [4.78, 5) is 12.4. The Labute approximate surface area is 408 Å². The van der Waals surface area contributed by atoms with Crippen molar-refractivity contribution >= 4 is 5.91 Å². The lowest BCUT2D eigenvalue weighted by molar-refractivity contribution is -0.122. The second kappa shape index (κ2) is 55.6. The molecule has 372 valence electrons. The quantitative estimate of drug-likeness (QED) is 0.0421. The Kier molecular flexibility index (Phi) is 52.5. The number of aliphatic hydroxyl groups excluding tert-OH is 2. The molecule has 0 fully saturated rings. The third-order valence-corrected chi connectivity index (χ3v) is 11.3. The van der Waals surface area contributed by atoms with Crippen molar-refractivity contribution in [3.8, 4) is 0 Å². The molecule has 0 aromatic carbocycles. The summed E-state index contributed by atoms with van der Waals surface area (Å²) in [6.07, 6.45) is 88.5. The lowest BCUT2D eigenvalue weighted by Crippen LogP contribution is -2.45. The van der Waals surface area contributed by atoms with Gasteiger partial charge in [0.2, 0.25) is 5.91 Å². The van der Waals surface area contributed by atoms with Crippen molar-refractivity contribution in [1.82, 2.24) is 5.32 Å². The molecule has 0 aliphatic heterocycles. The fourth-order valence-electron chi connectivity index (χ4n) is 7.21. The topological polar surface area (TPSA) is 69.6 Å². The molecule has 66 heavy (non-hydrogen) atoms. The first kappa shape index (κ1) is 62.3. The van der Waals surface area contributed by atoms with E-state index in [-0.39, 0.29) is 12.5 Å². The molecule has 0 aromatic rings. The molecular weight excluding hydrogens is 807 g/mol. The molecule has 0 aliphatic carbocycles. The van der Waals surface area contributed by atoms with Gasteiger partial charge in [0.25, 0.3) is 0 Å². The van der Waals surface area contributed by atoms with Gasteiger partial charge in [-0.25, -0.2) is 0 Å². The van der Waals surface area contributed by atoms with Gasteiger partial charge in [0.1, 0.15) is 0 Å². The Morgan fingerprint density at radius 1 is 0.379 bits per heavy atom. The number of aliphatic hydroxyl groups is 2. The first-order valence-corrected chi connectivity index (χ1v) is 27.0. The summed E-state index contributed by atoms with van der Waals surface area (Å²) in [7, 11) is 0. The standard InChI is InChI=1S/C62H101NO3/c1-3-5-7-9-11-13-15-17-19-21-23-25-27-29-30-31-32-34-36-38-40-42-44-46-48-50-52-54-56-58-62(66)63-60(59-64)61(65)57-55-53-51-49-47-45-43-41-39-37-35-33-28-26-24-22-20-18-16-14-12-10-8-6-4-2/h5,7,11,13,17,19,23,25,29-30,32,34,38-41,44,46-47,49-50,52,55,57,60-61,64-65H,3-4,6,8-10,12,14-16,18,20-22,24,26-28,31,33,35-37,42-43,45,48,51,53-54,56,58-59H2,1-2H3,(H,63,66)/b7-5-,13-11-,19-17-,25-23-,30-29-,34-32-,40-38-,41-39+,46-44-,49-47+,52-50-,57-55+. The molecule has 2 atom stereocenters. The maximum Gasteiger partial charge on any atom is 0.220 e. The minimum absolute atomic E-state index is 0.141. The molecule has 0 spiro atoms. The number of nitrogens with one attached hydrogen (secondary N) is 1. The van der Waals surface area contributed by atoms with Crippen LogP contribution in [0.25, 0.3) is 0 Å². The van der Waals surface area contributed by atoms with Crippen molar-refractivity contribution in [2.75, 3.05) is 6.61 Å². The average molecular weight is 908 g/mol. The highest BCUT2D eigenvalue weighted by Gasteiger charge is 2.17. The molecule has 0 saturated carbocycles. The predicted octanol–water partition coefficient (Wildman–Crippen LogP) is 18.0. The largest absolute Gasteiger partial charge is 0.394 e. The first-order chi connectivity index (χ1) is 32.7. The van der Waals surface area contributed by atoms with E-state index < -0.39 is 12.1 Å². The number of unbranched alkanes of at least 4 members (excludes halogenated alkanes) is 18. The number of rotatable bonds is 47. The molecule has 0 bridgehead atoms. The second-order valence-corrected chi connectivity index (χ2v) is 17.5. The molecule has 0 radical (unpaired) electrons. The molecule has 0 rings (SSSR count). The second-order valence-electron chi connectivity index (χ2n) is 17.5. The Balaban J connectivity index is 3.77. The molecule has 0 heterocycles. The van der Waals surface area contributed by atoms with E-state index in [2.05, 4.69) is 153 Å². The minimum Gasteiger partial charge on any atom is -0.394 e. The van der Waals surface area contributed by atoms with Crippen LogP contribution < -0.4 is 5.32 Å². The number of carbonyl (C=O) groups is 1. The van der Waals surface area contributed by atoms with Gasteiger partial charge in [0.05, 0.1) is 18.8 Å². The molecule has 0 saturated heterocycles. The lowest BCUT2D eigenvalue weighted by Gasteiger charge is -2.19. The summed E-state index contributed by atoms with van der Waals surface area (Å²) >= 11 is 0. The van der Waals surface area contributed by atoms with Gasteiger partial charge in [0, 0.05) is 6.42 Å². The summed E-state index contributed by atoms with van der Waals surface area (Å²) in [5, 5.41) is 23.1. The van der Waals surface area contributed by atoms with Crippen LogP contribution in [0.5, 0.6) is 0 Å². The summed E-state index contributed by atoms with van der Waals surface area (Å²) < 4.78 is 0. The van der Waals surface area contributed by atoms with E-state index in [1.165, 1.54) is 103 Å². The van der Waals surface area contributed by atoms with E-state index >= 15 is 0 Å². The summed E-state index contributed by atoms with van der Waals surface area (Å²) in [6.45, 7) is 4.15. The van der Waals surface area contributed by atoms with Crippen molar-refractivity contribution < 1.29 is 15.0 Å². The van der Waals surface area contributed by atoms with E-state index in [1.807, 2.05) is 6.08 Å². The zero-order valence-electron chi connectivity index (χ0n) is 42.6. The normalized spacial score (nSPS) is 14.1. The Morgan fingerprint density at radius 3 is 1.06 bits per heavy atom. The Bertz CT molecular complexity index is 1400. The molecule has 3 N–H and O–H groups in total. The molecule has 4 heteroatoms. The van der Waals surface area contributed by atoms with Gasteiger partial charge < -0.3 is 15.5 Å². The maximum absolute atomic E-state index is 12.4. The SMILES string of the molecule is CC/C=C\C/C=C\C/C=C\C/C=C\C/C=C\C/C=C\C/C=C\C/C=C\C/C=C\CCCC(=O)NC(CO)C(O)/C=C/CC/C=C/CC/C=C/CCCCCCCCCCCCCCCCC. The molecule has 2 unspecified atom stereocenters. The van der Waals surface area contributed by atoms with E-state index in [0.29, 0.717) is 6.42 Å². The third kappa shape index (κ3) is 51.3. The highest BCUT2D eigenvalue weighted by molar-refractivity contribution is 5.76. The minimum atomic E-state index is -0.907. The number of hydrogen-bond acceptors (Lipinski definition) is 3. The van der Waals surface area contributed by atoms with Crippen LogP contribution in [-0.2, 0) is 4.79 Å². The van der Waals surface area contributed by atoms with E-state index in [4.69, 9.17) is 0 Å². The van der Waals surface area contributed by atoms with Crippen molar-refractivity contribution in [3.05, 3.63) is 146 Å².